The molecule has 0 spiro atoms. The van der Waals surface area contributed by atoms with E-state index in [1.54, 1.807) is 0 Å². The number of rotatable bonds is 5. The van der Waals surface area contributed by atoms with Crippen LogP contribution in [0.1, 0.15) is 78.1 Å². The summed E-state index contributed by atoms with van der Waals surface area (Å²) in [5.74, 6) is 1.69. The largest absolute Gasteiger partial charge is 0.356 e. The number of amides is 1. The molecule has 0 aromatic heterocycles. The van der Waals surface area contributed by atoms with Crippen LogP contribution in [-0.2, 0) is 4.79 Å². The van der Waals surface area contributed by atoms with Gasteiger partial charge < -0.3 is 10.6 Å². The first-order valence-corrected chi connectivity index (χ1v) is 9.06. The number of nitrogens with one attached hydrogen (secondary N) is 2. The maximum Gasteiger partial charge on any atom is 0.207 e. The minimum absolute atomic E-state index is 0.382. The molecule has 0 aromatic carbocycles. The summed E-state index contributed by atoms with van der Waals surface area (Å²) >= 11 is 0. The van der Waals surface area contributed by atoms with E-state index in [1.165, 1.54) is 64.2 Å². The summed E-state index contributed by atoms with van der Waals surface area (Å²) in [6.07, 6.45) is 14.7. The van der Waals surface area contributed by atoms with Crippen molar-refractivity contribution in [2.75, 3.05) is 7.05 Å². The Kier molecular flexibility index (Phi) is 9.73. The van der Waals surface area contributed by atoms with Gasteiger partial charge in [0.15, 0.2) is 0 Å². The van der Waals surface area contributed by atoms with E-state index < -0.39 is 0 Å². The van der Waals surface area contributed by atoms with Crippen LogP contribution in [0.2, 0.25) is 0 Å². The summed E-state index contributed by atoms with van der Waals surface area (Å²) in [6.45, 7) is 4.40. The fourth-order valence-corrected chi connectivity index (χ4v) is 3.75. The molecule has 2 atom stereocenters. The zero-order chi connectivity index (χ0) is 15.5. The van der Waals surface area contributed by atoms with Crippen LogP contribution >= 0.6 is 0 Å². The highest BCUT2D eigenvalue weighted by atomic mass is 16.1. The molecule has 0 aromatic rings. The van der Waals surface area contributed by atoms with Gasteiger partial charge in [0.1, 0.15) is 0 Å². The lowest BCUT2D eigenvalue weighted by molar-refractivity contribution is -0.110. The van der Waals surface area contributed by atoms with Crippen LogP contribution in [0.25, 0.3) is 0 Å². The predicted molar refractivity (Wildman–Crippen MR) is 90.3 cm³/mol. The van der Waals surface area contributed by atoms with E-state index in [9.17, 15) is 4.79 Å². The molecular formula is C18H36N2O. The standard InChI is InChI=1S/C9H17NO.C9H19N/c1-8(10-7-11)9-5-3-2-4-6-9;1-8(10-2)9-6-4-3-5-7-9/h7-9H,2-6H2,1H3,(H,10,11);8-10H,3-7H2,1-2H3/t2*8-/m11/s1. The Bertz CT molecular complexity index is 258. The maximum absolute atomic E-state index is 10.1. The van der Waals surface area contributed by atoms with Crippen molar-refractivity contribution in [1.82, 2.24) is 10.6 Å². The van der Waals surface area contributed by atoms with Crippen LogP contribution < -0.4 is 10.6 Å². The van der Waals surface area contributed by atoms with Crippen molar-refractivity contribution in [2.24, 2.45) is 11.8 Å². The molecule has 124 valence electrons. The SMILES string of the molecule is CN[C@H](C)C1CCCCC1.C[C@@H](NC=O)C1CCCCC1. The fourth-order valence-electron chi connectivity index (χ4n) is 3.75. The molecule has 2 fully saturated rings. The zero-order valence-electron chi connectivity index (χ0n) is 14.4. The number of hydrogen-bond donors (Lipinski definition) is 2. The van der Waals surface area contributed by atoms with E-state index in [1.807, 2.05) is 0 Å². The van der Waals surface area contributed by atoms with E-state index >= 15 is 0 Å². The van der Waals surface area contributed by atoms with Crippen LogP contribution in [0.15, 0.2) is 0 Å². The lowest BCUT2D eigenvalue weighted by atomic mass is 9.85. The molecule has 1 amide bonds. The van der Waals surface area contributed by atoms with Gasteiger partial charge in [0.25, 0.3) is 0 Å². The Labute approximate surface area is 131 Å². The molecule has 0 heterocycles. The maximum atomic E-state index is 10.1. The van der Waals surface area contributed by atoms with Gasteiger partial charge in [-0.05, 0) is 58.4 Å². The highest BCUT2D eigenvalue weighted by molar-refractivity contribution is 5.46. The smallest absolute Gasteiger partial charge is 0.207 e. The lowest BCUT2D eigenvalue weighted by Crippen LogP contribution is -2.33. The normalized spacial score (nSPS) is 23.6. The van der Waals surface area contributed by atoms with E-state index in [0.29, 0.717) is 6.04 Å². The predicted octanol–water partition coefficient (Wildman–Crippen LogP) is 3.88. The van der Waals surface area contributed by atoms with E-state index in [2.05, 4.69) is 31.5 Å². The molecule has 0 saturated heterocycles. The number of hydrogen-bond acceptors (Lipinski definition) is 2. The number of carbonyl (C=O) groups excluding carboxylic acids is 1. The van der Waals surface area contributed by atoms with Crippen molar-refractivity contribution in [3.63, 3.8) is 0 Å². The second kappa shape index (κ2) is 11.1. The lowest BCUT2D eigenvalue weighted by Gasteiger charge is -2.27. The van der Waals surface area contributed by atoms with Crippen LogP contribution in [0.4, 0.5) is 0 Å². The topological polar surface area (TPSA) is 41.1 Å². The second-order valence-corrected chi connectivity index (χ2v) is 6.95. The first-order valence-electron chi connectivity index (χ1n) is 9.06. The van der Waals surface area contributed by atoms with Crippen molar-refractivity contribution >= 4 is 6.41 Å². The molecule has 0 bridgehead atoms. The van der Waals surface area contributed by atoms with E-state index in [-0.39, 0.29) is 0 Å². The molecular weight excluding hydrogens is 260 g/mol. The van der Waals surface area contributed by atoms with Crippen molar-refractivity contribution in [3.05, 3.63) is 0 Å². The first kappa shape index (κ1) is 18.5. The second-order valence-electron chi connectivity index (χ2n) is 6.95. The molecule has 2 N–H and O–H groups in total. The van der Waals surface area contributed by atoms with E-state index in [0.717, 1.165) is 24.3 Å². The summed E-state index contributed by atoms with van der Waals surface area (Å²) < 4.78 is 0. The molecule has 2 saturated carbocycles. The van der Waals surface area contributed by atoms with Gasteiger partial charge in [-0.3, -0.25) is 4.79 Å². The van der Waals surface area contributed by atoms with Gasteiger partial charge in [0.2, 0.25) is 6.41 Å². The van der Waals surface area contributed by atoms with E-state index in [4.69, 9.17) is 0 Å². The first-order chi connectivity index (χ1) is 10.2. The fraction of sp³-hybridized carbons (Fsp3) is 0.944. The van der Waals surface area contributed by atoms with Gasteiger partial charge in [0.05, 0.1) is 0 Å². The van der Waals surface area contributed by atoms with Gasteiger partial charge in [0, 0.05) is 12.1 Å². The van der Waals surface area contributed by atoms with Gasteiger partial charge in [-0.1, -0.05) is 38.5 Å². The quantitative estimate of drug-likeness (QED) is 0.756. The van der Waals surface area contributed by atoms with Crippen LogP contribution in [0, 0.1) is 11.8 Å². The average Bonchev–Trinajstić information content (AvgIpc) is 2.56. The Morgan fingerprint density at radius 3 is 1.62 bits per heavy atom. The molecule has 0 unspecified atom stereocenters. The van der Waals surface area contributed by atoms with Gasteiger partial charge in [-0.15, -0.1) is 0 Å². The third-order valence-electron chi connectivity index (χ3n) is 5.50. The minimum Gasteiger partial charge on any atom is -0.356 e. The molecule has 2 aliphatic carbocycles. The molecule has 0 radical (unpaired) electrons. The van der Waals surface area contributed by atoms with Crippen LogP contribution in [0.5, 0.6) is 0 Å². The average molecular weight is 296 g/mol. The van der Waals surface area contributed by atoms with Gasteiger partial charge in [-0.2, -0.15) is 0 Å². The molecule has 2 rings (SSSR count). The van der Waals surface area contributed by atoms with Gasteiger partial charge in [-0.25, -0.2) is 0 Å². The summed E-state index contributed by atoms with van der Waals surface area (Å²) in [4.78, 5) is 10.1. The third-order valence-corrected chi connectivity index (χ3v) is 5.50. The Morgan fingerprint density at radius 1 is 0.810 bits per heavy atom. The molecule has 3 nitrogen and oxygen atoms in total. The molecule has 0 aliphatic heterocycles. The molecule has 2 aliphatic rings. The summed E-state index contributed by atoms with van der Waals surface area (Å²) in [5, 5.41) is 6.17. The minimum atomic E-state index is 0.382. The molecule has 3 heteroatoms. The monoisotopic (exact) mass is 296 g/mol. The third kappa shape index (κ3) is 7.30. The van der Waals surface area contributed by atoms with Crippen molar-refractivity contribution < 1.29 is 4.79 Å². The Hall–Kier alpha value is -0.570. The van der Waals surface area contributed by atoms with Crippen LogP contribution in [-0.4, -0.2) is 25.5 Å². The number of carbonyl (C=O) groups is 1. The summed E-state index contributed by atoms with van der Waals surface area (Å²) in [7, 11) is 2.07. The highest BCUT2D eigenvalue weighted by Gasteiger charge is 2.19. The zero-order valence-corrected chi connectivity index (χ0v) is 14.4. The Balaban J connectivity index is 0.000000211. The van der Waals surface area contributed by atoms with Crippen molar-refractivity contribution in [3.8, 4) is 0 Å². The molecule has 21 heavy (non-hydrogen) atoms. The summed E-state index contributed by atoms with van der Waals surface area (Å²) in [5.41, 5.74) is 0. The summed E-state index contributed by atoms with van der Waals surface area (Å²) in [6, 6.07) is 1.12. The van der Waals surface area contributed by atoms with Crippen LogP contribution in [0.3, 0.4) is 0 Å². The Morgan fingerprint density at radius 2 is 1.24 bits per heavy atom. The van der Waals surface area contributed by atoms with Gasteiger partial charge >= 0.3 is 0 Å². The van der Waals surface area contributed by atoms with Crippen molar-refractivity contribution in [1.29, 1.82) is 0 Å². The highest BCUT2D eigenvalue weighted by Crippen LogP contribution is 2.26. The van der Waals surface area contributed by atoms with Crippen molar-refractivity contribution in [2.45, 2.75) is 90.1 Å².